The quantitative estimate of drug-likeness (QED) is 0.231. The van der Waals surface area contributed by atoms with Crippen LogP contribution in [0.2, 0.25) is 0 Å². The van der Waals surface area contributed by atoms with Crippen LogP contribution >= 0.6 is 11.8 Å². The molecule has 0 unspecified atom stereocenters. The highest BCUT2D eigenvalue weighted by Gasteiger charge is 2.40. The molecule has 7 nitrogen and oxygen atoms in total. The van der Waals surface area contributed by atoms with E-state index in [1.54, 1.807) is 18.2 Å². The Balaban J connectivity index is 1.48. The molecule has 0 aromatic heterocycles. The largest absolute Gasteiger partial charge is 0.350 e. The zero-order valence-electron chi connectivity index (χ0n) is 21.8. The molecule has 0 fully saturated rings. The van der Waals surface area contributed by atoms with Gasteiger partial charge in [0.1, 0.15) is 22.2 Å². The molecule has 11 heteroatoms. The number of hydrogen-bond acceptors (Lipinski definition) is 6. The van der Waals surface area contributed by atoms with Crippen LogP contribution in [0.3, 0.4) is 0 Å². The Morgan fingerprint density at radius 2 is 1.39 bits per heavy atom. The van der Waals surface area contributed by atoms with Crippen LogP contribution in [0.1, 0.15) is 11.1 Å². The zero-order valence-corrected chi connectivity index (χ0v) is 23.4. The minimum absolute atomic E-state index is 0.0323. The molecule has 208 valence electrons. The lowest BCUT2D eigenvalue weighted by atomic mass is 10.1. The first-order valence-corrected chi connectivity index (χ1v) is 14.6. The summed E-state index contributed by atoms with van der Waals surface area (Å²) in [7, 11) is -4.01. The zero-order chi connectivity index (χ0) is 29.3. The van der Waals surface area contributed by atoms with Crippen molar-refractivity contribution < 1.29 is 26.8 Å². The van der Waals surface area contributed by atoms with Gasteiger partial charge in [-0.2, -0.15) is 0 Å². The number of rotatable bonds is 8. The lowest BCUT2D eigenvalue weighted by Crippen LogP contribution is -2.32. The molecule has 5 rings (SSSR count). The van der Waals surface area contributed by atoms with Gasteiger partial charge >= 0.3 is 0 Å². The summed E-state index contributed by atoms with van der Waals surface area (Å²) in [4.78, 5) is 28.6. The van der Waals surface area contributed by atoms with Crippen molar-refractivity contribution in [3.63, 3.8) is 0 Å². The third kappa shape index (κ3) is 6.01. The maximum Gasteiger partial charge on any atom is 0.283 e. The maximum atomic E-state index is 13.6. The van der Waals surface area contributed by atoms with Crippen LogP contribution in [-0.2, 0) is 19.6 Å². The Morgan fingerprint density at radius 1 is 0.732 bits per heavy atom. The highest BCUT2D eigenvalue weighted by atomic mass is 32.2. The second kappa shape index (κ2) is 11.2. The van der Waals surface area contributed by atoms with Crippen LogP contribution in [0.15, 0.2) is 111 Å². The van der Waals surface area contributed by atoms with Crippen LogP contribution in [-0.4, -0.2) is 20.2 Å². The van der Waals surface area contributed by atoms with Crippen LogP contribution in [0.4, 0.5) is 25.8 Å². The van der Waals surface area contributed by atoms with Gasteiger partial charge in [0.25, 0.3) is 21.8 Å². The molecule has 0 saturated heterocycles. The van der Waals surface area contributed by atoms with Crippen LogP contribution in [0, 0.1) is 25.5 Å². The molecule has 0 atom stereocenters. The van der Waals surface area contributed by atoms with Crippen molar-refractivity contribution >= 4 is 50.7 Å². The van der Waals surface area contributed by atoms with Gasteiger partial charge in [-0.05, 0) is 104 Å². The highest BCUT2D eigenvalue weighted by Crippen LogP contribution is 2.39. The summed E-state index contributed by atoms with van der Waals surface area (Å²) < 4.78 is 54.9. The van der Waals surface area contributed by atoms with Crippen molar-refractivity contribution in [3.05, 3.63) is 124 Å². The van der Waals surface area contributed by atoms with E-state index in [1.165, 1.54) is 24.3 Å². The Bertz CT molecular complexity index is 1810. The third-order valence-corrected chi connectivity index (χ3v) is 8.80. The number of anilines is 3. The molecule has 2 amide bonds. The van der Waals surface area contributed by atoms with E-state index in [0.29, 0.717) is 10.6 Å². The number of nitrogens with one attached hydrogen (secondary N) is 2. The van der Waals surface area contributed by atoms with E-state index >= 15 is 0 Å². The minimum Gasteiger partial charge on any atom is -0.350 e. The Morgan fingerprint density at radius 3 is 2.05 bits per heavy atom. The molecule has 4 aromatic rings. The summed E-state index contributed by atoms with van der Waals surface area (Å²) >= 11 is 0.984. The van der Waals surface area contributed by atoms with Crippen molar-refractivity contribution in [2.24, 2.45) is 0 Å². The topological polar surface area (TPSA) is 95.6 Å². The van der Waals surface area contributed by atoms with E-state index < -0.39 is 33.5 Å². The van der Waals surface area contributed by atoms with Crippen molar-refractivity contribution in [2.75, 3.05) is 14.9 Å². The molecule has 0 spiro atoms. The van der Waals surface area contributed by atoms with Gasteiger partial charge < -0.3 is 5.32 Å². The monoisotopic (exact) mass is 591 g/mol. The van der Waals surface area contributed by atoms with Crippen molar-refractivity contribution in [2.45, 2.75) is 23.6 Å². The van der Waals surface area contributed by atoms with Crippen LogP contribution in [0.5, 0.6) is 0 Å². The number of carbonyl (C=O) groups excluding carboxylic acids is 2. The molecular weight excluding hydrogens is 568 g/mol. The smallest absolute Gasteiger partial charge is 0.283 e. The second-order valence-electron chi connectivity index (χ2n) is 9.24. The van der Waals surface area contributed by atoms with E-state index in [2.05, 4.69) is 10.0 Å². The van der Waals surface area contributed by atoms with Gasteiger partial charge in [-0.15, -0.1) is 0 Å². The number of hydrogen-bond donors (Lipinski definition) is 2. The van der Waals surface area contributed by atoms with Crippen molar-refractivity contribution in [1.29, 1.82) is 0 Å². The van der Waals surface area contributed by atoms with Crippen molar-refractivity contribution in [3.8, 4) is 0 Å². The summed E-state index contributed by atoms with van der Waals surface area (Å²) in [6, 6.07) is 21.3. The van der Waals surface area contributed by atoms with Gasteiger partial charge in [-0.25, -0.2) is 22.1 Å². The molecule has 1 aliphatic heterocycles. The SMILES string of the molecule is Cc1ccc(NC2=C(Sc3cccc(NS(=O)(=O)c4ccc(F)cc4)c3)C(=O)N(c3ccc(F)cc3)C2=O)cc1C. The maximum absolute atomic E-state index is 13.6. The lowest BCUT2D eigenvalue weighted by molar-refractivity contribution is -0.120. The van der Waals surface area contributed by atoms with Gasteiger partial charge in [0, 0.05) is 16.3 Å². The molecule has 4 aromatic carbocycles. The fourth-order valence-corrected chi connectivity index (χ4v) is 6.11. The van der Waals surface area contributed by atoms with Crippen LogP contribution in [0.25, 0.3) is 0 Å². The summed E-state index contributed by atoms with van der Waals surface area (Å²) in [5, 5.41) is 3.08. The standard InChI is InChI=1S/C30H23F2N3O4S2/c1-18-6-11-22(16-19(18)2)33-27-28(30(37)35(29(27)36)24-12-7-20(31)8-13-24)40-25-5-3-4-23(17-25)34-41(38,39)26-14-9-21(32)10-15-26/h3-17,33-34H,1-2H3. The Kier molecular flexibility index (Phi) is 7.65. The summed E-state index contributed by atoms with van der Waals surface area (Å²) in [5.74, 6) is -2.30. The molecule has 0 aliphatic carbocycles. The van der Waals surface area contributed by atoms with Gasteiger partial charge in [0.15, 0.2) is 0 Å². The van der Waals surface area contributed by atoms with Crippen LogP contribution < -0.4 is 14.9 Å². The normalized spacial score (nSPS) is 13.6. The van der Waals surface area contributed by atoms with Gasteiger partial charge in [0.05, 0.1) is 10.6 Å². The van der Waals surface area contributed by atoms with E-state index in [0.717, 1.165) is 64.2 Å². The molecule has 0 radical (unpaired) electrons. The van der Waals surface area contributed by atoms with E-state index in [-0.39, 0.29) is 26.9 Å². The lowest BCUT2D eigenvalue weighted by Gasteiger charge is -2.15. The second-order valence-corrected chi connectivity index (χ2v) is 12.0. The number of carbonyl (C=O) groups is 2. The first kappa shape index (κ1) is 28.1. The summed E-state index contributed by atoms with van der Waals surface area (Å²) in [6.45, 7) is 3.88. The first-order valence-electron chi connectivity index (χ1n) is 12.3. The summed E-state index contributed by atoms with van der Waals surface area (Å²) in [6.07, 6.45) is 0. The third-order valence-electron chi connectivity index (χ3n) is 6.33. The number of thioether (sulfide) groups is 1. The van der Waals surface area contributed by atoms with E-state index in [9.17, 15) is 26.8 Å². The molecule has 0 bridgehead atoms. The minimum atomic E-state index is -4.01. The predicted molar refractivity (Wildman–Crippen MR) is 155 cm³/mol. The predicted octanol–water partition coefficient (Wildman–Crippen LogP) is 6.37. The fraction of sp³-hybridized carbons (Fsp3) is 0.0667. The molecule has 41 heavy (non-hydrogen) atoms. The number of benzene rings is 4. The van der Waals surface area contributed by atoms with Gasteiger partial charge in [-0.3, -0.25) is 14.3 Å². The Hall–Kier alpha value is -4.48. The van der Waals surface area contributed by atoms with Gasteiger partial charge in [-0.1, -0.05) is 23.9 Å². The van der Waals surface area contributed by atoms with E-state index in [4.69, 9.17) is 0 Å². The first-order chi connectivity index (χ1) is 19.5. The number of halogens is 2. The molecule has 0 saturated carbocycles. The van der Waals surface area contributed by atoms with Gasteiger partial charge in [0.2, 0.25) is 0 Å². The number of nitrogens with zero attached hydrogens (tertiary/aromatic N) is 1. The molecule has 1 aliphatic rings. The summed E-state index contributed by atoms with van der Waals surface area (Å²) in [5.41, 5.74) is 3.08. The molecule has 2 N–H and O–H groups in total. The number of amides is 2. The molecular formula is C30H23F2N3O4S2. The fourth-order valence-electron chi connectivity index (χ4n) is 4.07. The molecule has 1 heterocycles. The average molecular weight is 592 g/mol. The Labute approximate surface area is 239 Å². The highest BCUT2D eigenvalue weighted by molar-refractivity contribution is 8.04. The number of aryl methyl sites for hydroxylation is 2. The average Bonchev–Trinajstić information content (AvgIpc) is 3.15. The van der Waals surface area contributed by atoms with Crippen molar-refractivity contribution in [1.82, 2.24) is 0 Å². The van der Waals surface area contributed by atoms with E-state index in [1.807, 2.05) is 26.0 Å². The number of sulfonamides is 1. The number of imide groups is 1.